The van der Waals surface area contributed by atoms with Crippen LogP contribution in [0.25, 0.3) is 10.9 Å². The van der Waals surface area contributed by atoms with Crippen LogP contribution in [0.4, 0.5) is 0 Å². The lowest BCUT2D eigenvalue weighted by atomic mass is 10.0. The number of pyridine rings is 1. The first-order chi connectivity index (χ1) is 12.8. The fraction of sp³-hybridized carbons (Fsp3) is 0.227. The number of aryl methyl sites for hydroxylation is 4. The van der Waals surface area contributed by atoms with Gasteiger partial charge >= 0.3 is 5.97 Å². The van der Waals surface area contributed by atoms with Crippen molar-refractivity contribution in [3.05, 3.63) is 74.9 Å². The Hall–Kier alpha value is -2.72. The summed E-state index contributed by atoms with van der Waals surface area (Å²) in [5.74, 6) is -0.787. The van der Waals surface area contributed by atoms with Gasteiger partial charge in [0.2, 0.25) is 0 Å². The van der Waals surface area contributed by atoms with Crippen LogP contribution < -0.4 is 0 Å². The Labute approximate surface area is 163 Å². The van der Waals surface area contributed by atoms with E-state index in [0.29, 0.717) is 32.7 Å². The predicted molar refractivity (Wildman–Crippen MR) is 107 cm³/mol. The third kappa shape index (κ3) is 3.86. The summed E-state index contributed by atoms with van der Waals surface area (Å²) >= 11 is 6.17. The van der Waals surface area contributed by atoms with Crippen molar-refractivity contribution in [3.8, 4) is 0 Å². The molecular formula is C22H20ClNO3. The molecule has 0 amide bonds. The van der Waals surface area contributed by atoms with E-state index in [-0.39, 0.29) is 12.4 Å². The number of halogens is 1. The Kier molecular flexibility index (Phi) is 5.29. The molecule has 0 aliphatic carbocycles. The Bertz CT molecular complexity index is 1070. The summed E-state index contributed by atoms with van der Waals surface area (Å²) in [6.07, 6.45) is 0. The number of Topliss-reactive ketones (excluding diaryl/α,β-unsaturated/α-hetero) is 1. The van der Waals surface area contributed by atoms with Crippen LogP contribution in [-0.2, 0) is 4.74 Å². The van der Waals surface area contributed by atoms with E-state index < -0.39 is 5.97 Å². The average Bonchev–Trinajstić information content (AvgIpc) is 2.64. The number of hydrogen-bond donors (Lipinski definition) is 0. The van der Waals surface area contributed by atoms with Crippen LogP contribution in [0, 0.1) is 27.7 Å². The van der Waals surface area contributed by atoms with E-state index in [1.807, 2.05) is 32.9 Å². The summed E-state index contributed by atoms with van der Waals surface area (Å²) in [4.78, 5) is 29.5. The van der Waals surface area contributed by atoms with Gasteiger partial charge in [0.05, 0.1) is 11.1 Å². The number of fused-ring (bicyclic) bond motifs is 1. The number of ether oxygens (including phenoxy) is 1. The second kappa shape index (κ2) is 7.49. The van der Waals surface area contributed by atoms with Gasteiger partial charge in [-0.2, -0.15) is 0 Å². The quantitative estimate of drug-likeness (QED) is 0.462. The third-order valence-electron chi connectivity index (χ3n) is 4.68. The normalized spacial score (nSPS) is 10.9. The highest BCUT2D eigenvalue weighted by molar-refractivity contribution is 6.32. The van der Waals surface area contributed by atoms with E-state index in [0.717, 1.165) is 16.7 Å². The van der Waals surface area contributed by atoms with Gasteiger partial charge in [-0.15, -0.1) is 0 Å². The number of esters is 1. The van der Waals surface area contributed by atoms with Crippen molar-refractivity contribution >= 4 is 34.3 Å². The molecule has 3 rings (SSSR count). The van der Waals surface area contributed by atoms with Crippen molar-refractivity contribution in [2.45, 2.75) is 27.7 Å². The first-order valence-corrected chi connectivity index (χ1v) is 8.99. The van der Waals surface area contributed by atoms with Crippen LogP contribution >= 0.6 is 11.6 Å². The summed E-state index contributed by atoms with van der Waals surface area (Å²) in [6, 6.07) is 10.6. The maximum atomic E-state index is 12.6. The summed E-state index contributed by atoms with van der Waals surface area (Å²) in [6.45, 7) is 7.27. The second-order valence-corrected chi connectivity index (χ2v) is 7.09. The van der Waals surface area contributed by atoms with E-state index >= 15 is 0 Å². The van der Waals surface area contributed by atoms with Crippen LogP contribution in [0.15, 0.2) is 36.4 Å². The van der Waals surface area contributed by atoms with E-state index in [2.05, 4.69) is 4.98 Å². The highest BCUT2D eigenvalue weighted by Crippen LogP contribution is 2.27. The maximum Gasteiger partial charge on any atom is 0.339 e. The monoisotopic (exact) mass is 381 g/mol. The van der Waals surface area contributed by atoms with Crippen molar-refractivity contribution in [2.24, 2.45) is 0 Å². The van der Waals surface area contributed by atoms with Gasteiger partial charge in [0, 0.05) is 21.7 Å². The van der Waals surface area contributed by atoms with Gasteiger partial charge in [-0.3, -0.25) is 9.78 Å². The number of carbonyl (C=O) groups excluding carboxylic acids is 2. The number of carbonyl (C=O) groups is 2. The molecule has 0 aliphatic heterocycles. The van der Waals surface area contributed by atoms with E-state index in [9.17, 15) is 9.59 Å². The molecule has 0 N–H and O–H groups in total. The van der Waals surface area contributed by atoms with Crippen molar-refractivity contribution in [1.82, 2.24) is 4.98 Å². The summed E-state index contributed by atoms with van der Waals surface area (Å²) in [5, 5.41) is 1.25. The summed E-state index contributed by atoms with van der Waals surface area (Å²) in [7, 11) is 0. The van der Waals surface area contributed by atoms with Crippen LogP contribution in [0.1, 0.15) is 43.1 Å². The molecule has 3 aromatic rings. The van der Waals surface area contributed by atoms with Crippen molar-refractivity contribution < 1.29 is 14.3 Å². The lowest BCUT2D eigenvalue weighted by Gasteiger charge is -2.11. The smallest absolute Gasteiger partial charge is 0.339 e. The zero-order valence-corrected chi connectivity index (χ0v) is 16.5. The van der Waals surface area contributed by atoms with E-state index in [4.69, 9.17) is 16.3 Å². The lowest BCUT2D eigenvalue weighted by molar-refractivity contribution is 0.0476. The molecule has 0 spiro atoms. The Balaban J connectivity index is 1.85. The van der Waals surface area contributed by atoms with Gasteiger partial charge in [0.1, 0.15) is 0 Å². The second-order valence-electron chi connectivity index (χ2n) is 6.68. The SMILES string of the molecule is Cc1cc(C(=O)OCC(=O)c2ccc(C)c(C)c2)c2ccc(Cl)c(C)c2n1. The number of aromatic nitrogens is 1. The van der Waals surface area contributed by atoms with E-state index in [1.165, 1.54) is 0 Å². The van der Waals surface area contributed by atoms with Crippen LogP contribution in [-0.4, -0.2) is 23.3 Å². The highest BCUT2D eigenvalue weighted by Gasteiger charge is 2.17. The molecule has 27 heavy (non-hydrogen) atoms. The molecule has 0 atom stereocenters. The molecule has 1 heterocycles. The average molecular weight is 382 g/mol. The number of rotatable bonds is 4. The van der Waals surface area contributed by atoms with Gasteiger partial charge in [-0.1, -0.05) is 29.8 Å². The van der Waals surface area contributed by atoms with Gasteiger partial charge < -0.3 is 4.74 Å². The number of nitrogens with zero attached hydrogens (tertiary/aromatic N) is 1. The van der Waals surface area contributed by atoms with Gasteiger partial charge in [-0.05, 0) is 62.6 Å². The molecule has 5 heteroatoms. The molecular weight excluding hydrogens is 362 g/mol. The maximum absolute atomic E-state index is 12.6. The Morgan fingerprint density at radius 2 is 1.74 bits per heavy atom. The third-order valence-corrected chi connectivity index (χ3v) is 5.09. The molecule has 0 unspecified atom stereocenters. The van der Waals surface area contributed by atoms with Crippen molar-refractivity contribution in [2.75, 3.05) is 6.61 Å². The molecule has 2 aromatic carbocycles. The fourth-order valence-corrected chi connectivity index (χ4v) is 3.06. The molecule has 1 aromatic heterocycles. The minimum atomic E-state index is -0.551. The minimum Gasteiger partial charge on any atom is -0.454 e. The lowest BCUT2D eigenvalue weighted by Crippen LogP contribution is -2.15. The zero-order chi connectivity index (χ0) is 19.7. The highest BCUT2D eigenvalue weighted by atomic mass is 35.5. The molecule has 0 radical (unpaired) electrons. The van der Waals surface area contributed by atoms with Crippen molar-refractivity contribution in [3.63, 3.8) is 0 Å². The predicted octanol–water partition coefficient (Wildman–Crippen LogP) is 5.16. The fourth-order valence-electron chi connectivity index (χ4n) is 2.91. The first-order valence-electron chi connectivity index (χ1n) is 8.62. The van der Waals surface area contributed by atoms with Crippen LogP contribution in [0.3, 0.4) is 0 Å². The number of ketones is 1. The van der Waals surface area contributed by atoms with Crippen LogP contribution in [0.2, 0.25) is 5.02 Å². The summed E-state index contributed by atoms with van der Waals surface area (Å²) in [5.41, 5.74) is 5.19. The largest absolute Gasteiger partial charge is 0.454 e. The molecule has 4 nitrogen and oxygen atoms in total. The van der Waals surface area contributed by atoms with Gasteiger partial charge in [0.25, 0.3) is 0 Å². The van der Waals surface area contributed by atoms with Gasteiger partial charge in [-0.25, -0.2) is 4.79 Å². The minimum absolute atomic E-state index is 0.235. The molecule has 138 valence electrons. The topological polar surface area (TPSA) is 56.3 Å². The molecule has 0 saturated carbocycles. The molecule has 0 fully saturated rings. The zero-order valence-electron chi connectivity index (χ0n) is 15.7. The number of hydrogen-bond acceptors (Lipinski definition) is 4. The number of benzene rings is 2. The Morgan fingerprint density at radius 1 is 1.00 bits per heavy atom. The van der Waals surface area contributed by atoms with E-state index in [1.54, 1.807) is 31.2 Å². The van der Waals surface area contributed by atoms with Crippen LogP contribution in [0.5, 0.6) is 0 Å². The van der Waals surface area contributed by atoms with Crippen molar-refractivity contribution in [1.29, 1.82) is 0 Å². The summed E-state index contributed by atoms with van der Waals surface area (Å²) < 4.78 is 5.30. The molecule has 0 saturated heterocycles. The molecule has 0 aliphatic rings. The molecule has 0 bridgehead atoms. The Morgan fingerprint density at radius 3 is 2.44 bits per heavy atom. The van der Waals surface area contributed by atoms with Gasteiger partial charge in [0.15, 0.2) is 12.4 Å². The standard InChI is InChI=1S/C22H20ClNO3/c1-12-5-6-16(9-13(12)2)20(25)11-27-22(26)18-10-14(3)24-21-15(4)19(23)8-7-17(18)21/h5-10H,11H2,1-4H3. The first kappa shape index (κ1) is 19.1.